The van der Waals surface area contributed by atoms with Crippen LogP contribution in [0.5, 0.6) is 5.75 Å². The smallest absolute Gasteiger partial charge is 0.327 e. The van der Waals surface area contributed by atoms with E-state index >= 15 is 0 Å². The fraction of sp³-hybridized carbons (Fsp3) is 0.317. The standard InChI is InChI=1S/C38H37ClNO4.C3H8.Fm/c1-4-6-25-43-33-23-17-29(18-24-33)26-36(40-27-41)37(42)44-38(31-13-8-7-9-14-31,34-15-10-11-16-35(34)39)32-21-19-30(20-22-32)28(3)12-5-2;1-3-2;/h2,7-11,13-24,28,36H,4,6,12,25-26H2,1,3H3,(H,40,41);3H2,1-2H3;/q-1;;/t28?,36-,38?;;/m0../s1. The maximum atomic E-state index is 14.1. The van der Waals surface area contributed by atoms with Gasteiger partial charge < -0.3 is 19.6 Å². The zero-order valence-corrected chi connectivity index (χ0v) is 31.2. The van der Waals surface area contributed by atoms with Gasteiger partial charge in [-0.05, 0) is 41.7 Å². The van der Waals surface area contributed by atoms with Crippen LogP contribution in [-0.2, 0) is 26.3 Å². The van der Waals surface area contributed by atoms with Crippen molar-refractivity contribution in [3.05, 3.63) is 136 Å². The number of amides is 1. The Balaban J connectivity index is 0.00000193. The van der Waals surface area contributed by atoms with Crippen molar-refractivity contribution in [3.8, 4) is 18.1 Å². The van der Waals surface area contributed by atoms with Gasteiger partial charge in [0.1, 0.15) is 11.8 Å². The molecule has 4 aromatic rings. The minimum atomic E-state index is -1.43. The van der Waals surface area contributed by atoms with E-state index in [1.165, 1.54) is 6.42 Å². The van der Waals surface area contributed by atoms with E-state index in [2.05, 4.69) is 38.9 Å². The van der Waals surface area contributed by atoms with E-state index in [1.807, 2.05) is 97.1 Å². The summed E-state index contributed by atoms with van der Waals surface area (Å²) in [7, 11) is 0. The van der Waals surface area contributed by atoms with E-state index in [1.54, 1.807) is 12.5 Å². The van der Waals surface area contributed by atoms with Gasteiger partial charge in [-0.25, -0.2) is 4.79 Å². The first-order valence-electron chi connectivity index (χ1n) is 16.3. The summed E-state index contributed by atoms with van der Waals surface area (Å²) in [5, 5.41) is 2.98. The molecule has 1 amide bonds. The van der Waals surface area contributed by atoms with Gasteiger partial charge >= 0.3 is 5.97 Å². The molecule has 48 heavy (non-hydrogen) atoms. The number of nitrogens with one attached hydrogen (secondary N) is 1. The van der Waals surface area contributed by atoms with Crippen LogP contribution in [0.1, 0.15) is 87.1 Å². The van der Waals surface area contributed by atoms with Gasteiger partial charge in [-0.3, -0.25) is 0 Å². The fourth-order valence-electron chi connectivity index (χ4n) is 5.19. The Bertz CT molecular complexity index is 1570. The quantitative estimate of drug-likeness (QED) is 0.0323. The second kappa shape index (κ2) is 19.9. The van der Waals surface area contributed by atoms with Crippen LogP contribution in [0, 0.1) is 12.3 Å². The van der Waals surface area contributed by atoms with E-state index in [9.17, 15) is 9.59 Å². The first-order chi connectivity index (χ1) is 22.8. The van der Waals surface area contributed by atoms with E-state index < -0.39 is 17.6 Å². The van der Waals surface area contributed by atoms with E-state index in [0.717, 1.165) is 29.7 Å². The molecule has 4 aromatic carbocycles. The minimum Gasteiger partial charge on any atom is -0.520 e. The molecule has 0 aliphatic rings. The molecule has 1 N–H and O–H groups in total. The van der Waals surface area contributed by atoms with Crippen LogP contribution >= 0.6 is 11.6 Å². The van der Waals surface area contributed by atoms with Gasteiger partial charge in [0.25, 0.3) is 0 Å². The summed E-state index contributed by atoms with van der Waals surface area (Å²) in [5.41, 5.74) is 2.46. The SMILES string of the molecule is C#CCC(C)c1ccc(C(OC(=O)[C@H](Cc2ccc(OCCCC)cc2)N[C-]=O)(c2ccccc2)c2ccccc2Cl)cc1.CCC.[Fm]. The van der Waals surface area contributed by atoms with Crippen molar-refractivity contribution in [3.63, 3.8) is 0 Å². The van der Waals surface area contributed by atoms with Crippen LogP contribution < -0.4 is 10.1 Å². The van der Waals surface area contributed by atoms with Crippen molar-refractivity contribution in [1.29, 1.82) is 0 Å². The molecule has 0 radical (unpaired) electrons. The number of terminal acetylenes is 1. The summed E-state index contributed by atoms with van der Waals surface area (Å²) in [5.74, 6) is 2.99. The predicted molar refractivity (Wildman–Crippen MR) is 191 cm³/mol. The van der Waals surface area contributed by atoms with Crippen LogP contribution in [0.3, 0.4) is 0 Å². The molecule has 0 aliphatic heterocycles. The van der Waals surface area contributed by atoms with Gasteiger partial charge in [0.05, 0.1) is 6.61 Å². The maximum absolute atomic E-state index is 14.1. The predicted octanol–water partition coefficient (Wildman–Crippen LogP) is 9.17. The Morgan fingerprint density at radius 2 is 1.52 bits per heavy atom. The summed E-state index contributed by atoms with van der Waals surface area (Å²) < 4.78 is 12.3. The first-order valence-corrected chi connectivity index (χ1v) is 16.6. The number of carbonyl (C=O) groups is 1. The molecule has 258 valence electrons. The third-order valence-electron chi connectivity index (χ3n) is 7.64. The molecule has 4 rings (SSSR count). The topological polar surface area (TPSA) is 64.6 Å². The Kier molecular flexibility index (Phi) is 16.0. The molecule has 0 saturated heterocycles. The maximum Gasteiger partial charge on any atom is 0.327 e. The summed E-state index contributed by atoms with van der Waals surface area (Å²) in [4.78, 5) is 25.7. The summed E-state index contributed by atoms with van der Waals surface area (Å²) in [6.07, 6.45) is 11.3. The van der Waals surface area contributed by atoms with Gasteiger partial charge in [-0.2, -0.15) is 6.41 Å². The monoisotopic (exact) mass is 907 g/mol. The van der Waals surface area contributed by atoms with Crippen molar-refractivity contribution >= 4 is 24.0 Å². The van der Waals surface area contributed by atoms with Crippen LogP contribution in [-0.4, -0.2) is 25.0 Å². The Morgan fingerprint density at radius 1 is 0.917 bits per heavy atom. The number of carbonyl (C=O) groups excluding carboxylic acids is 2. The minimum absolute atomic E-state index is 0. The first kappa shape index (κ1) is 38.7. The Hall–Kier alpha value is -5.53. The Morgan fingerprint density at radius 3 is 2.10 bits per heavy atom. The van der Waals surface area contributed by atoms with Gasteiger partial charge in [0, 0.05) is 34.6 Å². The van der Waals surface area contributed by atoms with Gasteiger partial charge in [-0.1, -0.05) is 137 Å². The van der Waals surface area contributed by atoms with Gasteiger partial charge in [-0.15, -0.1) is 12.3 Å². The molecule has 0 fully saturated rings. The number of esters is 1. The molecule has 2 unspecified atom stereocenters. The molecule has 3 atom stereocenters. The average Bonchev–Trinajstić information content (AvgIpc) is 3.09. The number of ether oxygens (including phenoxy) is 2. The number of hydrogen-bond acceptors (Lipinski definition) is 4. The molecule has 7 heteroatoms. The summed E-state index contributed by atoms with van der Waals surface area (Å²) in [6.45, 7) is 9.07. The average molecular weight is 908 g/mol. The molecule has 0 saturated carbocycles. The molecule has 0 heterocycles. The zero-order valence-electron chi connectivity index (χ0n) is 28.1. The second-order valence-electron chi connectivity index (χ2n) is 11.4. The molecule has 0 bridgehead atoms. The van der Waals surface area contributed by atoms with Crippen molar-refractivity contribution in [2.75, 3.05) is 6.61 Å². The molecule has 0 aliphatic carbocycles. The molecule has 0 spiro atoms. The summed E-state index contributed by atoms with van der Waals surface area (Å²) >= 11 is 6.84. The number of benzene rings is 4. The van der Waals surface area contributed by atoms with Crippen LogP contribution in [0.4, 0.5) is 0 Å². The summed E-state index contributed by atoms with van der Waals surface area (Å²) in [6, 6.07) is 31.1. The van der Waals surface area contributed by atoms with Gasteiger partial charge in [0.15, 0.2) is 5.60 Å². The Labute approximate surface area is 285 Å². The third-order valence-corrected chi connectivity index (χ3v) is 7.97. The number of unbranched alkanes of at least 4 members (excludes halogenated alkanes) is 1. The van der Waals surface area contributed by atoms with Crippen molar-refractivity contribution in [1.82, 2.24) is 5.32 Å². The van der Waals surface area contributed by atoms with Crippen molar-refractivity contribution < 1.29 is 19.1 Å². The molecular weight excluding hydrogens is 863 g/mol. The van der Waals surface area contributed by atoms with E-state index in [4.69, 9.17) is 27.5 Å². The molecule has 0 aromatic heterocycles. The number of halogens is 1. The number of rotatable bonds is 15. The molecule has 5 nitrogen and oxygen atoms in total. The normalized spacial score (nSPS) is 12.8. The van der Waals surface area contributed by atoms with Crippen LogP contribution in [0.15, 0.2) is 103 Å². The third kappa shape index (κ3) is 9.98. The van der Waals surface area contributed by atoms with E-state index in [0.29, 0.717) is 34.7 Å². The zero-order chi connectivity index (χ0) is 34.1. The van der Waals surface area contributed by atoms with Gasteiger partial charge in [0.2, 0.25) is 0 Å². The number of hydrogen-bond donors (Lipinski definition) is 1. The second-order valence-corrected chi connectivity index (χ2v) is 11.8. The van der Waals surface area contributed by atoms with Crippen LogP contribution in [0.25, 0.3) is 0 Å². The van der Waals surface area contributed by atoms with Crippen molar-refractivity contribution in [2.45, 2.75) is 77.4 Å². The van der Waals surface area contributed by atoms with E-state index in [-0.39, 0.29) is 12.3 Å². The fourth-order valence-corrected chi connectivity index (χ4v) is 5.46. The van der Waals surface area contributed by atoms with Crippen molar-refractivity contribution in [2.24, 2.45) is 0 Å². The largest absolute Gasteiger partial charge is 0.520 e. The van der Waals surface area contributed by atoms with Crippen LogP contribution in [0.2, 0.25) is 5.02 Å². The molecular formula is C41H45ClFmNO4-.